The van der Waals surface area contributed by atoms with Crippen molar-refractivity contribution in [2.75, 3.05) is 0 Å². The number of ether oxygens (including phenoxy) is 1. The summed E-state index contributed by atoms with van der Waals surface area (Å²) in [5, 5.41) is 0. The minimum Gasteiger partial charge on any atom is -0.455 e. The summed E-state index contributed by atoms with van der Waals surface area (Å²) >= 11 is 6.94. The van der Waals surface area contributed by atoms with E-state index in [1.807, 2.05) is 49.4 Å². The molecule has 0 saturated carbocycles. The summed E-state index contributed by atoms with van der Waals surface area (Å²) in [4.78, 5) is 0. The second-order valence-corrected chi connectivity index (χ2v) is 5.18. The van der Waals surface area contributed by atoms with Crippen LogP contribution in [0, 0.1) is 6.92 Å². The maximum absolute atomic E-state index is 5.80. The third-order valence-corrected chi connectivity index (χ3v) is 3.42. The molecule has 2 aromatic rings. The predicted octanol–water partition coefficient (Wildman–Crippen LogP) is 5.31. The molecule has 0 radical (unpaired) electrons. The molecule has 0 saturated heterocycles. The third kappa shape index (κ3) is 2.66. The molecule has 2 rings (SSSR count). The maximum atomic E-state index is 5.80. The zero-order valence-corrected chi connectivity index (χ0v) is 11.9. The van der Waals surface area contributed by atoms with E-state index in [0.29, 0.717) is 0 Å². The normalized spacial score (nSPS) is 10.2. The summed E-state index contributed by atoms with van der Waals surface area (Å²) in [5.41, 5.74) is 1.20. The molecule has 0 amide bonds. The Morgan fingerprint density at radius 2 is 1.56 bits per heavy atom. The fourth-order valence-corrected chi connectivity index (χ4v) is 2.27. The highest BCUT2D eigenvalue weighted by atomic mass is 79.9. The molecule has 0 heterocycles. The van der Waals surface area contributed by atoms with Crippen molar-refractivity contribution >= 4 is 31.9 Å². The fourth-order valence-electron chi connectivity index (χ4n) is 1.33. The molecule has 0 atom stereocenters. The lowest BCUT2D eigenvalue weighted by Gasteiger charge is -2.09. The van der Waals surface area contributed by atoms with E-state index in [1.54, 1.807) is 0 Å². The molecule has 0 aliphatic rings. The number of para-hydroxylation sites is 1. The highest BCUT2D eigenvalue weighted by Gasteiger charge is 2.05. The smallest absolute Gasteiger partial charge is 0.141 e. The standard InChI is InChI=1S/C13H10Br2O/c1-9-6-7-13(11(15)8-9)16-12-5-3-2-4-10(12)14/h2-8H,1H3. The lowest BCUT2D eigenvalue weighted by Crippen LogP contribution is -1.86. The van der Waals surface area contributed by atoms with Gasteiger partial charge in [-0.1, -0.05) is 18.2 Å². The van der Waals surface area contributed by atoms with E-state index in [0.717, 1.165) is 20.4 Å². The molecule has 2 aromatic carbocycles. The molecule has 0 fully saturated rings. The zero-order chi connectivity index (χ0) is 11.5. The Hall–Kier alpha value is -0.800. The Bertz CT molecular complexity index is 509. The molecule has 0 spiro atoms. The van der Waals surface area contributed by atoms with E-state index < -0.39 is 0 Å². The SMILES string of the molecule is Cc1ccc(Oc2ccccc2Br)c(Br)c1. The van der Waals surface area contributed by atoms with Crippen LogP contribution in [0.5, 0.6) is 11.5 Å². The molecule has 1 nitrogen and oxygen atoms in total. The Morgan fingerprint density at radius 1 is 0.875 bits per heavy atom. The van der Waals surface area contributed by atoms with Crippen LogP contribution in [0.25, 0.3) is 0 Å². The number of hydrogen-bond acceptors (Lipinski definition) is 1. The van der Waals surface area contributed by atoms with Crippen LogP contribution < -0.4 is 4.74 Å². The van der Waals surface area contributed by atoms with Crippen molar-refractivity contribution in [3.05, 3.63) is 57.0 Å². The quantitative estimate of drug-likeness (QED) is 0.719. The minimum absolute atomic E-state index is 0.812. The summed E-state index contributed by atoms with van der Waals surface area (Å²) in [6, 6.07) is 13.8. The first-order chi connectivity index (χ1) is 7.66. The molecule has 0 bridgehead atoms. The van der Waals surface area contributed by atoms with Gasteiger partial charge < -0.3 is 4.74 Å². The van der Waals surface area contributed by atoms with Crippen molar-refractivity contribution in [3.63, 3.8) is 0 Å². The summed E-state index contributed by atoms with van der Waals surface area (Å²) < 4.78 is 7.71. The van der Waals surface area contributed by atoms with Gasteiger partial charge in [0.2, 0.25) is 0 Å². The van der Waals surface area contributed by atoms with Crippen molar-refractivity contribution in [1.29, 1.82) is 0 Å². The highest BCUT2D eigenvalue weighted by molar-refractivity contribution is 9.11. The van der Waals surface area contributed by atoms with Gasteiger partial charge in [0.15, 0.2) is 0 Å². The van der Waals surface area contributed by atoms with Crippen molar-refractivity contribution in [3.8, 4) is 11.5 Å². The largest absolute Gasteiger partial charge is 0.455 e. The van der Waals surface area contributed by atoms with Crippen LogP contribution in [0.15, 0.2) is 51.4 Å². The first-order valence-electron chi connectivity index (χ1n) is 4.85. The van der Waals surface area contributed by atoms with E-state index in [9.17, 15) is 0 Å². The third-order valence-electron chi connectivity index (χ3n) is 2.14. The average molecular weight is 342 g/mol. The van der Waals surface area contributed by atoms with Gasteiger partial charge in [-0.25, -0.2) is 0 Å². The van der Waals surface area contributed by atoms with Gasteiger partial charge in [-0.15, -0.1) is 0 Å². The monoisotopic (exact) mass is 340 g/mol. The average Bonchev–Trinajstić information content (AvgIpc) is 2.25. The van der Waals surface area contributed by atoms with Crippen LogP contribution in [0.4, 0.5) is 0 Å². The van der Waals surface area contributed by atoms with Gasteiger partial charge in [-0.05, 0) is 68.6 Å². The van der Waals surface area contributed by atoms with Crippen LogP contribution in [0.2, 0.25) is 0 Å². The van der Waals surface area contributed by atoms with Crippen LogP contribution in [-0.4, -0.2) is 0 Å². The van der Waals surface area contributed by atoms with Crippen LogP contribution in [0.1, 0.15) is 5.56 Å². The van der Waals surface area contributed by atoms with Crippen molar-refractivity contribution in [1.82, 2.24) is 0 Å². The number of halogens is 2. The van der Waals surface area contributed by atoms with Crippen molar-refractivity contribution in [2.45, 2.75) is 6.92 Å². The number of rotatable bonds is 2. The number of aryl methyl sites for hydroxylation is 1. The fraction of sp³-hybridized carbons (Fsp3) is 0.0769. The molecule has 16 heavy (non-hydrogen) atoms. The molecular weight excluding hydrogens is 332 g/mol. The molecule has 0 aromatic heterocycles. The predicted molar refractivity (Wildman–Crippen MR) is 73.1 cm³/mol. The van der Waals surface area contributed by atoms with Crippen molar-refractivity contribution in [2.24, 2.45) is 0 Å². The first kappa shape index (κ1) is 11.7. The van der Waals surface area contributed by atoms with E-state index >= 15 is 0 Å². The minimum atomic E-state index is 0.812. The molecule has 0 N–H and O–H groups in total. The van der Waals surface area contributed by atoms with Gasteiger partial charge in [0, 0.05) is 0 Å². The van der Waals surface area contributed by atoms with Gasteiger partial charge in [0.1, 0.15) is 11.5 Å². The van der Waals surface area contributed by atoms with E-state index in [2.05, 4.69) is 31.9 Å². The lowest BCUT2D eigenvalue weighted by molar-refractivity contribution is 0.476. The Balaban J connectivity index is 2.31. The lowest BCUT2D eigenvalue weighted by atomic mass is 10.2. The topological polar surface area (TPSA) is 9.23 Å². The summed E-state index contributed by atoms with van der Waals surface area (Å²) in [6.07, 6.45) is 0. The van der Waals surface area contributed by atoms with Crippen molar-refractivity contribution < 1.29 is 4.74 Å². The van der Waals surface area contributed by atoms with Gasteiger partial charge in [0.05, 0.1) is 8.95 Å². The zero-order valence-electron chi connectivity index (χ0n) is 8.71. The second kappa shape index (κ2) is 5.02. The van der Waals surface area contributed by atoms with Gasteiger partial charge in [-0.2, -0.15) is 0 Å². The van der Waals surface area contributed by atoms with Gasteiger partial charge >= 0.3 is 0 Å². The molecular formula is C13H10Br2O. The molecule has 0 aliphatic heterocycles. The van der Waals surface area contributed by atoms with Gasteiger partial charge in [0.25, 0.3) is 0 Å². The van der Waals surface area contributed by atoms with Crippen LogP contribution >= 0.6 is 31.9 Å². The summed E-state index contributed by atoms with van der Waals surface area (Å²) in [5.74, 6) is 1.63. The van der Waals surface area contributed by atoms with Crippen LogP contribution in [-0.2, 0) is 0 Å². The maximum Gasteiger partial charge on any atom is 0.141 e. The van der Waals surface area contributed by atoms with Gasteiger partial charge in [-0.3, -0.25) is 0 Å². The first-order valence-corrected chi connectivity index (χ1v) is 6.44. The van der Waals surface area contributed by atoms with E-state index in [1.165, 1.54) is 5.56 Å². The second-order valence-electron chi connectivity index (χ2n) is 3.47. The molecule has 0 aliphatic carbocycles. The Kier molecular flexibility index (Phi) is 3.66. The number of hydrogen-bond donors (Lipinski definition) is 0. The Morgan fingerprint density at radius 3 is 2.25 bits per heavy atom. The summed E-state index contributed by atoms with van der Waals surface area (Å²) in [7, 11) is 0. The van der Waals surface area contributed by atoms with E-state index in [-0.39, 0.29) is 0 Å². The molecule has 0 unspecified atom stereocenters. The van der Waals surface area contributed by atoms with E-state index in [4.69, 9.17) is 4.74 Å². The number of benzene rings is 2. The highest BCUT2D eigenvalue weighted by Crippen LogP contribution is 2.33. The molecule has 3 heteroatoms. The summed E-state index contributed by atoms with van der Waals surface area (Å²) in [6.45, 7) is 2.05. The Labute approximate surface area is 112 Å². The van der Waals surface area contributed by atoms with Crippen LogP contribution in [0.3, 0.4) is 0 Å². The molecule has 82 valence electrons.